The summed E-state index contributed by atoms with van der Waals surface area (Å²) in [5, 5.41) is 18.6. The molecule has 0 unspecified atom stereocenters. The molecule has 0 aliphatic heterocycles. The summed E-state index contributed by atoms with van der Waals surface area (Å²) in [6.07, 6.45) is 8.73. The van der Waals surface area contributed by atoms with Crippen molar-refractivity contribution in [1.29, 1.82) is 0 Å². The van der Waals surface area contributed by atoms with Gasteiger partial charge < -0.3 is 25.5 Å². The first-order valence-electron chi connectivity index (χ1n) is 11.6. The van der Waals surface area contributed by atoms with Gasteiger partial charge in [-0.2, -0.15) is 10.1 Å². The minimum atomic E-state index is -0.384. The number of fused-ring (bicyclic) bond motifs is 1. The monoisotopic (exact) mass is 509 g/mol. The molecule has 0 aromatic carbocycles. The van der Waals surface area contributed by atoms with E-state index < -0.39 is 0 Å². The van der Waals surface area contributed by atoms with Gasteiger partial charge in [0.25, 0.3) is 0 Å². The van der Waals surface area contributed by atoms with E-state index in [9.17, 15) is 5.11 Å². The zero-order valence-electron chi connectivity index (χ0n) is 20.5. The van der Waals surface area contributed by atoms with Crippen LogP contribution in [0.15, 0.2) is 37.1 Å². The van der Waals surface area contributed by atoms with Crippen molar-refractivity contribution in [1.82, 2.24) is 34.3 Å². The summed E-state index contributed by atoms with van der Waals surface area (Å²) in [6, 6.07) is 1.97. The lowest BCUT2D eigenvalue weighted by molar-refractivity contribution is 0.0227. The fourth-order valence-electron chi connectivity index (χ4n) is 4.15. The molecular formula is C24H28ClN9O2. The number of nitrogens with one attached hydrogen (secondary N) is 1. The van der Waals surface area contributed by atoms with E-state index in [0.717, 1.165) is 18.5 Å². The van der Waals surface area contributed by atoms with E-state index >= 15 is 0 Å². The number of pyridine rings is 1. The van der Waals surface area contributed by atoms with E-state index in [0.29, 0.717) is 45.2 Å². The number of anilines is 2. The second-order valence-electron chi connectivity index (χ2n) is 9.77. The van der Waals surface area contributed by atoms with Gasteiger partial charge in [-0.15, -0.1) is 0 Å². The Balaban J connectivity index is 1.47. The molecule has 12 heteroatoms. The summed E-state index contributed by atoms with van der Waals surface area (Å²) in [7, 11) is 1.83. The van der Waals surface area contributed by atoms with E-state index in [1.165, 1.54) is 18.6 Å². The average Bonchev–Trinajstić information content (AvgIpc) is 3.39. The Kier molecular flexibility index (Phi) is 6.05. The molecule has 2 atom stereocenters. The Morgan fingerprint density at radius 2 is 2.06 bits per heavy atom. The maximum atomic E-state index is 10.2. The Hall–Kier alpha value is -3.70. The van der Waals surface area contributed by atoms with E-state index in [4.69, 9.17) is 27.2 Å². The zero-order chi connectivity index (χ0) is 25.6. The maximum absolute atomic E-state index is 10.2. The average molecular weight is 510 g/mol. The lowest BCUT2D eigenvalue weighted by atomic mass is 9.86. The molecule has 4 aromatic rings. The van der Waals surface area contributed by atoms with Gasteiger partial charge in [0.2, 0.25) is 5.95 Å². The molecule has 4 aromatic heterocycles. The largest absolute Gasteiger partial charge is 0.450 e. The second kappa shape index (κ2) is 9.07. The fourth-order valence-corrected chi connectivity index (χ4v) is 4.44. The quantitative estimate of drug-likeness (QED) is 0.332. The molecule has 4 N–H and O–H groups in total. The number of aromatic nitrogens is 7. The third-order valence-electron chi connectivity index (χ3n) is 6.25. The SMILES string of the molecule is Cn1c(Nc2cc(C(C)(C)C)n([C@@H]3CC[C@H]3O)n2)nc2ncc(O/C(=C/N)c3cnccn3)c(Cl)c21. The highest BCUT2D eigenvalue weighted by molar-refractivity contribution is 6.36. The minimum Gasteiger partial charge on any atom is -0.450 e. The van der Waals surface area contributed by atoms with Crippen molar-refractivity contribution < 1.29 is 9.84 Å². The van der Waals surface area contributed by atoms with Gasteiger partial charge in [0.15, 0.2) is 23.0 Å². The number of nitrogens with zero attached hydrogens (tertiary/aromatic N) is 7. The Morgan fingerprint density at radius 1 is 1.25 bits per heavy atom. The summed E-state index contributed by atoms with van der Waals surface area (Å²) in [6.45, 7) is 6.38. The molecule has 0 bridgehead atoms. The first-order valence-corrected chi connectivity index (χ1v) is 12.0. The lowest BCUT2D eigenvalue weighted by Crippen LogP contribution is -2.37. The zero-order valence-corrected chi connectivity index (χ0v) is 21.2. The molecule has 1 fully saturated rings. The van der Waals surface area contributed by atoms with Crippen molar-refractivity contribution in [3.05, 3.63) is 53.5 Å². The summed E-state index contributed by atoms with van der Waals surface area (Å²) in [5.74, 6) is 1.74. The maximum Gasteiger partial charge on any atom is 0.210 e. The predicted molar refractivity (Wildman–Crippen MR) is 137 cm³/mol. The number of hydrogen-bond donors (Lipinski definition) is 3. The van der Waals surface area contributed by atoms with Gasteiger partial charge in [-0.25, -0.2) is 9.97 Å². The van der Waals surface area contributed by atoms with E-state index in [2.05, 4.69) is 46.0 Å². The lowest BCUT2D eigenvalue weighted by Gasteiger charge is -2.35. The smallest absolute Gasteiger partial charge is 0.210 e. The third-order valence-corrected chi connectivity index (χ3v) is 6.62. The number of rotatable bonds is 6. The van der Waals surface area contributed by atoms with Gasteiger partial charge in [0.1, 0.15) is 16.2 Å². The number of hydrogen-bond acceptors (Lipinski definition) is 9. The van der Waals surface area contributed by atoms with Crippen LogP contribution in [0.3, 0.4) is 0 Å². The minimum absolute atomic E-state index is 0.0230. The molecule has 1 saturated carbocycles. The van der Waals surface area contributed by atoms with Crippen molar-refractivity contribution in [3.8, 4) is 5.75 Å². The number of imidazole rings is 1. The molecule has 0 saturated heterocycles. The van der Waals surface area contributed by atoms with Crippen molar-refractivity contribution in [3.63, 3.8) is 0 Å². The molecule has 11 nitrogen and oxygen atoms in total. The molecule has 0 amide bonds. The van der Waals surface area contributed by atoms with Crippen LogP contribution in [0.2, 0.25) is 5.02 Å². The van der Waals surface area contributed by atoms with Crippen LogP contribution in [0.25, 0.3) is 16.9 Å². The number of aliphatic hydroxyl groups is 1. The van der Waals surface area contributed by atoms with Gasteiger partial charge in [0.05, 0.1) is 24.5 Å². The number of nitrogens with two attached hydrogens (primary N) is 1. The molecular weight excluding hydrogens is 482 g/mol. The van der Waals surface area contributed by atoms with Crippen LogP contribution >= 0.6 is 11.6 Å². The van der Waals surface area contributed by atoms with Crippen LogP contribution in [0.5, 0.6) is 5.75 Å². The third kappa shape index (κ3) is 4.24. The first kappa shape index (κ1) is 24.0. The van der Waals surface area contributed by atoms with Gasteiger partial charge >= 0.3 is 0 Å². The summed E-state index contributed by atoms with van der Waals surface area (Å²) in [5.41, 5.74) is 8.12. The summed E-state index contributed by atoms with van der Waals surface area (Å²) < 4.78 is 9.65. The molecule has 0 radical (unpaired) electrons. The highest BCUT2D eigenvalue weighted by atomic mass is 35.5. The van der Waals surface area contributed by atoms with Crippen LogP contribution in [-0.4, -0.2) is 45.5 Å². The van der Waals surface area contributed by atoms with Crippen LogP contribution < -0.4 is 15.8 Å². The van der Waals surface area contributed by atoms with E-state index in [-0.39, 0.29) is 17.6 Å². The fraction of sp³-hybridized carbons (Fsp3) is 0.375. The molecule has 1 aliphatic carbocycles. The topological polar surface area (TPSA) is 142 Å². The number of halogens is 1. The highest BCUT2D eigenvalue weighted by Crippen LogP contribution is 2.38. The van der Waals surface area contributed by atoms with Gasteiger partial charge in [-0.1, -0.05) is 32.4 Å². The van der Waals surface area contributed by atoms with Gasteiger partial charge in [-0.3, -0.25) is 9.67 Å². The second-order valence-corrected chi connectivity index (χ2v) is 10.2. The highest BCUT2D eigenvalue weighted by Gasteiger charge is 2.35. The van der Waals surface area contributed by atoms with Crippen molar-refractivity contribution in [2.45, 2.75) is 51.2 Å². The molecule has 188 valence electrons. The Labute approximate surface area is 213 Å². The van der Waals surface area contributed by atoms with Crippen LogP contribution in [0.1, 0.15) is 51.0 Å². The molecule has 1 aliphatic rings. The number of aliphatic hydroxyl groups excluding tert-OH is 1. The van der Waals surface area contributed by atoms with Gasteiger partial charge in [-0.05, 0) is 12.8 Å². The van der Waals surface area contributed by atoms with E-state index in [1.807, 2.05) is 17.8 Å². The summed E-state index contributed by atoms with van der Waals surface area (Å²) in [4.78, 5) is 17.3. The van der Waals surface area contributed by atoms with Crippen molar-refractivity contribution in [2.24, 2.45) is 12.8 Å². The van der Waals surface area contributed by atoms with E-state index in [1.54, 1.807) is 17.0 Å². The normalized spacial score (nSPS) is 18.3. The van der Waals surface area contributed by atoms with Crippen LogP contribution in [0, 0.1) is 0 Å². The molecule has 36 heavy (non-hydrogen) atoms. The number of ether oxygens (including phenoxy) is 1. The van der Waals surface area contributed by atoms with Crippen molar-refractivity contribution >= 4 is 40.3 Å². The Bertz CT molecular complexity index is 1440. The van der Waals surface area contributed by atoms with Crippen LogP contribution in [-0.2, 0) is 12.5 Å². The molecule has 5 rings (SSSR count). The predicted octanol–water partition coefficient (Wildman–Crippen LogP) is 3.68. The Morgan fingerprint density at radius 3 is 2.67 bits per heavy atom. The molecule has 4 heterocycles. The first-order chi connectivity index (χ1) is 17.2. The standard InChI is InChI=1S/C24H28ClN9O2/c1-24(2,3)18-9-19(32-34(18)14-5-6-15(14)35)30-23-31-22-21(33(23)4)20(25)17(12-29-22)36-16(10-26)13-11-27-7-8-28-13/h7-12,14-15,35H,5-6,26H2,1-4H3,(H,29,30,31,32)/b16-10+/t14-,15-/m1/s1. The molecule has 0 spiro atoms. The van der Waals surface area contributed by atoms with Crippen LogP contribution in [0.4, 0.5) is 11.8 Å². The number of aryl methyl sites for hydroxylation is 1. The summed E-state index contributed by atoms with van der Waals surface area (Å²) >= 11 is 6.72. The van der Waals surface area contributed by atoms with Gasteiger partial charge in [0, 0.05) is 42.8 Å². The van der Waals surface area contributed by atoms with Crippen molar-refractivity contribution in [2.75, 3.05) is 5.32 Å².